The largest absolute Gasteiger partial charge is 0.416 e. The van der Waals surface area contributed by atoms with Gasteiger partial charge in [-0.25, -0.2) is 9.18 Å². The van der Waals surface area contributed by atoms with Crippen LogP contribution >= 0.6 is 0 Å². The van der Waals surface area contributed by atoms with Crippen LogP contribution in [0.4, 0.5) is 39.4 Å². The van der Waals surface area contributed by atoms with Crippen LogP contribution in [0.5, 0.6) is 0 Å². The van der Waals surface area contributed by atoms with Gasteiger partial charge in [-0.1, -0.05) is 18.2 Å². The average Bonchev–Trinajstić information content (AvgIpc) is 3.38. The Morgan fingerprint density at radius 3 is 2.19 bits per heavy atom. The number of benzene rings is 3. The first-order valence-electron chi connectivity index (χ1n) is 11.4. The molecule has 6 nitrogen and oxygen atoms in total. The Morgan fingerprint density at radius 1 is 0.861 bits per heavy atom. The number of alkyl halides is 3. The van der Waals surface area contributed by atoms with Crippen molar-refractivity contribution in [3.8, 4) is 0 Å². The van der Waals surface area contributed by atoms with E-state index in [1.54, 1.807) is 24.3 Å². The molecule has 0 radical (unpaired) electrons. The van der Waals surface area contributed by atoms with E-state index in [1.165, 1.54) is 30.3 Å². The number of carbonyl (C=O) groups is 2. The first kappa shape index (κ1) is 25.0. The first-order valence-corrected chi connectivity index (χ1v) is 11.4. The molecule has 0 spiro atoms. The molecule has 3 N–H and O–H groups in total. The smallest absolute Gasteiger partial charge is 0.371 e. The number of halogens is 4. The van der Waals surface area contributed by atoms with Crippen molar-refractivity contribution in [3.63, 3.8) is 0 Å². The Bertz CT molecular complexity index is 1240. The summed E-state index contributed by atoms with van der Waals surface area (Å²) >= 11 is 0. The highest BCUT2D eigenvalue weighted by molar-refractivity contribution is 6.04. The summed E-state index contributed by atoms with van der Waals surface area (Å²) in [5, 5.41) is 7.77. The molecule has 3 aromatic carbocycles. The van der Waals surface area contributed by atoms with Crippen LogP contribution in [-0.4, -0.2) is 25.0 Å². The van der Waals surface area contributed by atoms with E-state index in [0.29, 0.717) is 16.9 Å². The summed E-state index contributed by atoms with van der Waals surface area (Å²) in [6.07, 6.45) is -2.54. The normalized spacial score (nSPS) is 13.4. The van der Waals surface area contributed by atoms with E-state index >= 15 is 0 Å². The number of amides is 3. The summed E-state index contributed by atoms with van der Waals surface area (Å²) in [7, 11) is 0. The van der Waals surface area contributed by atoms with Gasteiger partial charge in [-0.05, 0) is 66.9 Å². The molecule has 0 bridgehead atoms. The van der Waals surface area contributed by atoms with Gasteiger partial charge in [0, 0.05) is 36.7 Å². The number of carbonyl (C=O) groups excluding carboxylic acids is 2. The predicted octanol–water partition coefficient (Wildman–Crippen LogP) is 6.02. The lowest BCUT2D eigenvalue weighted by Crippen LogP contribution is -2.27. The number of urea groups is 1. The van der Waals surface area contributed by atoms with Gasteiger partial charge in [0.15, 0.2) is 0 Å². The van der Waals surface area contributed by atoms with Crippen molar-refractivity contribution in [1.82, 2.24) is 5.32 Å². The van der Waals surface area contributed by atoms with Crippen LogP contribution in [0, 0.1) is 5.82 Å². The van der Waals surface area contributed by atoms with E-state index in [4.69, 9.17) is 0 Å². The highest BCUT2D eigenvalue weighted by Gasteiger charge is 2.30. The molecule has 1 aliphatic heterocycles. The maximum absolute atomic E-state index is 13.2. The number of nitrogens with zero attached hydrogens (tertiary/aromatic N) is 1. The van der Waals surface area contributed by atoms with E-state index in [2.05, 4.69) is 20.9 Å². The van der Waals surface area contributed by atoms with Gasteiger partial charge in [0.2, 0.25) is 0 Å². The van der Waals surface area contributed by atoms with Gasteiger partial charge in [0.25, 0.3) is 5.91 Å². The molecule has 188 valence electrons. The molecular weight excluding hydrogens is 476 g/mol. The third kappa shape index (κ3) is 6.32. The zero-order chi connectivity index (χ0) is 25.7. The molecular formula is C26H24F4N4O2. The molecule has 36 heavy (non-hydrogen) atoms. The van der Waals surface area contributed by atoms with Crippen LogP contribution in [0.2, 0.25) is 0 Å². The predicted molar refractivity (Wildman–Crippen MR) is 130 cm³/mol. The van der Waals surface area contributed by atoms with Gasteiger partial charge in [-0.3, -0.25) is 4.79 Å². The number of hydrogen-bond acceptors (Lipinski definition) is 3. The van der Waals surface area contributed by atoms with E-state index < -0.39 is 17.8 Å². The zero-order valence-corrected chi connectivity index (χ0v) is 19.2. The quantitative estimate of drug-likeness (QED) is 0.363. The molecule has 1 aliphatic rings. The van der Waals surface area contributed by atoms with E-state index in [1.807, 2.05) is 0 Å². The fourth-order valence-electron chi connectivity index (χ4n) is 3.98. The van der Waals surface area contributed by atoms with E-state index in [-0.39, 0.29) is 24.0 Å². The van der Waals surface area contributed by atoms with Gasteiger partial charge in [-0.2, -0.15) is 13.2 Å². The molecule has 0 unspecified atom stereocenters. The van der Waals surface area contributed by atoms with Crippen molar-refractivity contribution in [2.45, 2.75) is 25.6 Å². The van der Waals surface area contributed by atoms with Gasteiger partial charge < -0.3 is 20.9 Å². The molecule has 3 amide bonds. The SMILES string of the molecule is O=C(Nc1cccc(C(F)(F)F)c1)Nc1ccc(N2CCCC2)c(C(=O)NCc2ccc(F)cc2)c1. The van der Waals surface area contributed by atoms with Crippen molar-refractivity contribution in [1.29, 1.82) is 0 Å². The van der Waals surface area contributed by atoms with E-state index in [9.17, 15) is 27.2 Å². The number of nitrogens with one attached hydrogen (secondary N) is 3. The lowest BCUT2D eigenvalue weighted by molar-refractivity contribution is -0.137. The molecule has 1 fully saturated rings. The van der Waals surface area contributed by atoms with Crippen LogP contribution in [0.25, 0.3) is 0 Å². The topological polar surface area (TPSA) is 73.5 Å². The van der Waals surface area contributed by atoms with E-state index in [0.717, 1.165) is 43.6 Å². The third-order valence-corrected chi connectivity index (χ3v) is 5.76. The minimum Gasteiger partial charge on any atom is -0.371 e. The van der Waals surface area contributed by atoms with Crippen LogP contribution < -0.4 is 20.9 Å². The average molecular weight is 500 g/mol. The number of rotatable bonds is 6. The summed E-state index contributed by atoms with van der Waals surface area (Å²) < 4.78 is 52.0. The van der Waals surface area contributed by atoms with Gasteiger partial charge in [0.1, 0.15) is 5.82 Å². The van der Waals surface area contributed by atoms with Crippen molar-refractivity contribution in [3.05, 3.63) is 89.2 Å². The fraction of sp³-hybridized carbons (Fsp3) is 0.231. The van der Waals surface area contributed by atoms with Crippen molar-refractivity contribution >= 4 is 29.0 Å². The molecule has 0 aromatic heterocycles. The summed E-state index contributed by atoms with van der Waals surface area (Å²) in [5.41, 5.74) is 1.18. The summed E-state index contributed by atoms with van der Waals surface area (Å²) in [6.45, 7) is 1.77. The third-order valence-electron chi connectivity index (χ3n) is 5.76. The Hall–Kier alpha value is -4.08. The van der Waals surface area contributed by atoms with Crippen LogP contribution in [0.15, 0.2) is 66.7 Å². The summed E-state index contributed by atoms with van der Waals surface area (Å²) in [6, 6.07) is 14.2. The fourth-order valence-corrected chi connectivity index (χ4v) is 3.98. The lowest BCUT2D eigenvalue weighted by atomic mass is 10.1. The molecule has 4 rings (SSSR count). The second-order valence-corrected chi connectivity index (χ2v) is 8.39. The minimum absolute atomic E-state index is 0.0201. The van der Waals surface area contributed by atoms with Gasteiger partial charge in [-0.15, -0.1) is 0 Å². The first-order chi connectivity index (χ1) is 17.2. The van der Waals surface area contributed by atoms with Gasteiger partial charge in [0.05, 0.1) is 11.1 Å². The molecule has 0 aliphatic carbocycles. The highest BCUT2D eigenvalue weighted by atomic mass is 19.4. The lowest BCUT2D eigenvalue weighted by Gasteiger charge is -2.22. The monoisotopic (exact) mass is 500 g/mol. The molecule has 1 heterocycles. The zero-order valence-electron chi connectivity index (χ0n) is 19.2. The Labute approximate surface area is 205 Å². The molecule has 0 saturated carbocycles. The van der Waals surface area contributed by atoms with Crippen molar-refractivity contribution in [2.75, 3.05) is 28.6 Å². The van der Waals surface area contributed by atoms with Crippen molar-refractivity contribution in [2.24, 2.45) is 0 Å². The molecule has 0 atom stereocenters. The standard InChI is InChI=1S/C26H24F4N4O2/c27-19-8-6-17(7-9-19)16-31-24(35)22-15-21(10-11-23(22)34-12-1-2-13-34)33-25(36)32-20-5-3-4-18(14-20)26(28,29)30/h3-11,14-15H,1-2,12-13,16H2,(H,31,35)(H2,32,33,36). The van der Waals surface area contributed by atoms with Crippen LogP contribution in [0.1, 0.15) is 34.3 Å². The molecule has 3 aromatic rings. The Balaban J connectivity index is 1.49. The van der Waals surface area contributed by atoms with Gasteiger partial charge >= 0.3 is 12.2 Å². The number of hydrogen-bond donors (Lipinski definition) is 3. The second kappa shape index (κ2) is 10.7. The minimum atomic E-state index is -4.53. The second-order valence-electron chi connectivity index (χ2n) is 8.39. The Kier molecular flexibility index (Phi) is 7.42. The highest BCUT2D eigenvalue weighted by Crippen LogP contribution is 2.31. The summed E-state index contributed by atoms with van der Waals surface area (Å²) in [4.78, 5) is 27.6. The van der Waals surface area contributed by atoms with Crippen LogP contribution in [-0.2, 0) is 12.7 Å². The van der Waals surface area contributed by atoms with Crippen LogP contribution in [0.3, 0.4) is 0 Å². The Morgan fingerprint density at radius 2 is 1.53 bits per heavy atom. The van der Waals surface area contributed by atoms with Crippen molar-refractivity contribution < 1.29 is 27.2 Å². The number of anilines is 3. The summed E-state index contributed by atoms with van der Waals surface area (Å²) in [5.74, 6) is -0.744. The molecule has 1 saturated heterocycles. The maximum Gasteiger partial charge on any atom is 0.416 e. The molecule has 10 heteroatoms. The maximum atomic E-state index is 13.2.